The maximum absolute atomic E-state index is 12.6. The van der Waals surface area contributed by atoms with Crippen LogP contribution in [-0.2, 0) is 6.42 Å². The molecular weight excluding hydrogens is 394 g/mol. The van der Waals surface area contributed by atoms with E-state index in [1.807, 2.05) is 53.9 Å². The Kier molecular flexibility index (Phi) is 5.50. The minimum Gasteiger partial charge on any atom is -0.339 e. The van der Waals surface area contributed by atoms with Gasteiger partial charge in [-0.1, -0.05) is 65.3 Å². The molecule has 0 aliphatic rings. The van der Waals surface area contributed by atoms with E-state index in [0.717, 1.165) is 11.1 Å². The van der Waals surface area contributed by atoms with E-state index in [1.165, 1.54) is 11.3 Å². The van der Waals surface area contributed by atoms with Gasteiger partial charge < -0.3 is 9.84 Å². The average Bonchev–Trinajstić information content (AvgIpc) is 3.41. The molecule has 0 saturated heterocycles. The number of nitrogens with one attached hydrogen (secondary N) is 1. The van der Waals surface area contributed by atoms with Crippen molar-refractivity contribution in [2.45, 2.75) is 12.5 Å². The SMILES string of the molecule is O=C(NC(Cc1ccccc1)c1nc(-c2cccc(Cl)c2)no1)c1cccs1. The fourth-order valence-corrected chi connectivity index (χ4v) is 3.63. The molecule has 0 fully saturated rings. The van der Waals surface area contributed by atoms with Crippen LogP contribution in [0.25, 0.3) is 11.4 Å². The van der Waals surface area contributed by atoms with Crippen LogP contribution in [-0.4, -0.2) is 16.0 Å². The van der Waals surface area contributed by atoms with Gasteiger partial charge in [-0.3, -0.25) is 4.79 Å². The Labute approximate surface area is 171 Å². The van der Waals surface area contributed by atoms with Gasteiger partial charge in [0.05, 0.1) is 4.88 Å². The Balaban J connectivity index is 1.62. The number of aromatic nitrogens is 2. The molecule has 1 N–H and O–H groups in total. The fourth-order valence-electron chi connectivity index (χ4n) is 2.81. The van der Waals surface area contributed by atoms with Gasteiger partial charge in [0.25, 0.3) is 5.91 Å². The highest BCUT2D eigenvalue weighted by Crippen LogP contribution is 2.24. The zero-order valence-corrected chi connectivity index (χ0v) is 16.3. The maximum Gasteiger partial charge on any atom is 0.262 e. The van der Waals surface area contributed by atoms with Crippen molar-refractivity contribution in [1.82, 2.24) is 15.5 Å². The van der Waals surface area contributed by atoms with E-state index < -0.39 is 6.04 Å². The molecule has 4 rings (SSSR count). The highest BCUT2D eigenvalue weighted by Gasteiger charge is 2.23. The molecule has 1 atom stereocenters. The van der Waals surface area contributed by atoms with E-state index >= 15 is 0 Å². The molecule has 1 unspecified atom stereocenters. The topological polar surface area (TPSA) is 68.0 Å². The molecule has 1 amide bonds. The van der Waals surface area contributed by atoms with E-state index in [4.69, 9.17) is 16.1 Å². The lowest BCUT2D eigenvalue weighted by molar-refractivity contribution is 0.0932. The minimum absolute atomic E-state index is 0.168. The van der Waals surface area contributed by atoms with Crippen LogP contribution in [0, 0.1) is 0 Å². The molecule has 0 aliphatic heterocycles. The summed E-state index contributed by atoms with van der Waals surface area (Å²) < 4.78 is 5.50. The number of rotatable bonds is 6. The van der Waals surface area contributed by atoms with Crippen molar-refractivity contribution in [3.63, 3.8) is 0 Å². The number of benzene rings is 2. The van der Waals surface area contributed by atoms with Crippen molar-refractivity contribution in [2.24, 2.45) is 0 Å². The van der Waals surface area contributed by atoms with Crippen LogP contribution in [0.5, 0.6) is 0 Å². The van der Waals surface area contributed by atoms with Crippen molar-refractivity contribution in [3.05, 3.63) is 93.5 Å². The second-order valence-electron chi connectivity index (χ2n) is 6.16. The number of amides is 1. The Hall–Kier alpha value is -2.96. The minimum atomic E-state index is -0.447. The van der Waals surface area contributed by atoms with Gasteiger partial charge in [-0.15, -0.1) is 11.3 Å². The predicted octanol–water partition coefficient (Wildman–Crippen LogP) is 5.17. The van der Waals surface area contributed by atoms with Crippen LogP contribution < -0.4 is 5.32 Å². The van der Waals surface area contributed by atoms with Crippen LogP contribution in [0.4, 0.5) is 0 Å². The number of nitrogens with zero attached hydrogens (tertiary/aromatic N) is 2. The first-order chi connectivity index (χ1) is 13.7. The Morgan fingerprint density at radius 1 is 1.11 bits per heavy atom. The molecular formula is C21H16ClN3O2S. The Bertz CT molecular complexity index is 1060. The predicted molar refractivity (Wildman–Crippen MR) is 109 cm³/mol. The molecule has 0 aliphatic carbocycles. The summed E-state index contributed by atoms with van der Waals surface area (Å²) in [6.07, 6.45) is 0.537. The van der Waals surface area contributed by atoms with Crippen LogP contribution in [0.2, 0.25) is 5.02 Å². The smallest absolute Gasteiger partial charge is 0.262 e. The van der Waals surface area contributed by atoms with Gasteiger partial charge in [0.15, 0.2) is 0 Å². The first kappa shape index (κ1) is 18.4. The Morgan fingerprint density at radius 2 is 1.96 bits per heavy atom. The lowest BCUT2D eigenvalue weighted by Crippen LogP contribution is -2.29. The molecule has 28 heavy (non-hydrogen) atoms. The van der Waals surface area contributed by atoms with Crippen LogP contribution in [0.1, 0.15) is 27.2 Å². The highest BCUT2D eigenvalue weighted by atomic mass is 35.5. The van der Waals surface area contributed by atoms with E-state index in [2.05, 4.69) is 15.5 Å². The van der Waals surface area contributed by atoms with Crippen molar-refractivity contribution in [1.29, 1.82) is 0 Å². The molecule has 5 nitrogen and oxygen atoms in total. The van der Waals surface area contributed by atoms with Gasteiger partial charge in [0, 0.05) is 17.0 Å². The molecule has 2 heterocycles. The lowest BCUT2D eigenvalue weighted by Gasteiger charge is -2.14. The Morgan fingerprint density at radius 3 is 2.71 bits per heavy atom. The van der Waals surface area contributed by atoms with Gasteiger partial charge >= 0.3 is 0 Å². The summed E-state index contributed by atoms with van der Waals surface area (Å²) in [5, 5.41) is 9.54. The second-order valence-corrected chi connectivity index (χ2v) is 7.54. The molecule has 7 heteroatoms. The van der Waals surface area contributed by atoms with Crippen molar-refractivity contribution in [3.8, 4) is 11.4 Å². The molecule has 140 valence electrons. The van der Waals surface area contributed by atoms with Gasteiger partial charge in [-0.25, -0.2) is 0 Å². The summed E-state index contributed by atoms with van der Waals surface area (Å²) >= 11 is 7.44. The number of thiophene rings is 1. The largest absolute Gasteiger partial charge is 0.339 e. The third-order valence-electron chi connectivity index (χ3n) is 4.16. The molecule has 2 aromatic carbocycles. The summed E-state index contributed by atoms with van der Waals surface area (Å²) in [4.78, 5) is 17.7. The number of hydrogen-bond donors (Lipinski definition) is 1. The zero-order chi connectivity index (χ0) is 19.3. The number of carbonyl (C=O) groups excluding carboxylic acids is 1. The summed E-state index contributed by atoms with van der Waals surface area (Å²) in [6, 6.07) is 20.3. The second kappa shape index (κ2) is 8.37. The summed E-state index contributed by atoms with van der Waals surface area (Å²) in [5.74, 6) is 0.614. The molecule has 0 saturated carbocycles. The average molecular weight is 410 g/mol. The van der Waals surface area contributed by atoms with Gasteiger partial charge in [0.2, 0.25) is 11.7 Å². The van der Waals surface area contributed by atoms with Crippen LogP contribution in [0.3, 0.4) is 0 Å². The molecule has 0 bridgehead atoms. The third kappa shape index (κ3) is 4.30. The molecule has 0 spiro atoms. The summed E-state index contributed by atoms with van der Waals surface area (Å²) in [6.45, 7) is 0. The number of halogens is 1. The monoisotopic (exact) mass is 409 g/mol. The first-order valence-corrected chi connectivity index (χ1v) is 9.92. The standard InChI is InChI=1S/C21H16ClN3O2S/c22-16-9-4-8-15(13-16)19-24-21(27-25-19)17(12-14-6-2-1-3-7-14)23-20(26)18-10-5-11-28-18/h1-11,13,17H,12H2,(H,23,26). The third-order valence-corrected chi connectivity index (χ3v) is 5.26. The fraction of sp³-hybridized carbons (Fsp3) is 0.0952. The zero-order valence-electron chi connectivity index (χ0n) is 14.7. The van der Waals surface area contributed by atoms with Crippen molar-refractivity contribution in [2.75, 3.05) is 0 Å². The van der Waals surface area contributed by atoms with E-state index in [0.29, 0.717) is 28.0 Å². The molecule has 4 aromatic rings. The summed E-state index contributed by atoms with van der Waals surface area (Å²) in [7, 11) is 0. The number of hydrogen-bond acceptors (Lipinski definition) is 5. The molecule has 2 aromatic heterocycles. The molecule has 0 radical (unpaired) electrons. The van der Waals surface area contributed by atoms with E-state index in [1.54, 1.807) is 18.2 Å². The highest BCUT2D eigenvalue weighted by molar-refractivity contribution is 7.12. The normalized spacial score (nSPS) is 11.9. The quantitative estimate of drug-likeness (QED) is 0.477. The van der Waals surface area contributed by atoms with Gasteiger partial charge in [-0.05, 0) is 29.1 Å². The van der Waals surface area contributed by atoms with E-state index in [9.17, 15) is 4.79 Å². The lowest BCUT2D eigenvalue weighted by atomic mass is 10.1. The summed E-state index contributed by atoms with van der Waals surface area (Å²) in [5.41, 5.74) is 1.81. The van der Waals surface area contributed by atoms with Gasteiger partial charge in [-0.2, -0.15) is 4.98 Å². The van der Waals surface area contributed by atoms with Crippen LogP contribution >= 0.6 is 22.9 Å². The van der Waals surface area contributed by atoms with Crippen LogP contribution in [0.15, 0.2) is 76.6 Å². The van der Waals surface area contributed by atoms with Crippen molar-refractivity contribution >= 4 is 28.8 Å². The van der Waals surface area contributed by atoms with E-state index in [-0.39, 0.29) is 5.91 Å². The maximum atomic E-state index is 12.6. The number of carbonyl (C=O) groups is 1. The van der Waals surface area contributed by atoms with Gasteiger partial charge in [0.1, 0.15) is 6.04 Å². The van der Waals surface area contributed by atoms with Crippen molar-refractivity contribution < 1.29 is 9.32 Å². The first-order valence-electron chi connectivity index (χ1n) is 8.67.